The van der Waals surface area contributed by atoms with E-state index < -0.39 is 5.60 Å². The number of amides is 1. The molecule has 228 valence electrons. The van der Waals surface area contributed by atoms with E-state index in [2.05, 4.69) is 10.4 Å². The second kappa shape index (κ2) is 12.3. The molecular formula is C31H40N8O4. The van der Waals surface area contributed by atoms with Crippen LogP contribution in [-0.2, 0) is 17.7 Å². The number of fused-ring (bicyclic) bond motifs is 1. The van der Waals surface area contributed by atoms with Crippen molar-refractivity contribution in [2.24, 2.45) is 0 Å². The topological polar surface area (TPSA) is 143 Å². The van der Waals surface area contributed by atoms with Crippen LogP contribution in [0.2, 0.25) is 0 Å². The highest BCUT2D eigenvalue weighted by Gasteiger charge is 2.28. The van der Waals surface area contributed by atoms with Gasteiger partial charge < -0.3 is 30.2 Å². The zero-order valence-corrected chi connectivity index (χ0v) is 25.7. The number of pyridine rings is 1. The number of anilines is 2. The second-order valence-corrected chi connectivity index (χ2v) is 11.6. The Morgan fingerprint density at radius 3 is 2.53 bits per heavy atom. The number of benzene rings is 1. The maximum Gasteiger partial charge on any atom is 0.410 e. The fraction of sp³-hybridized carbons (Fsp3) is 0.452. The first kappa shape index (κ1) is 29.9. The highest BCUT2D eigenvalue weighted by molar-refractivity contribution is 5.97. The van der Waals surface area contributed by atoms with Crippen LogP contribution in [0, 0.1) is 0 Å². The van der Waals surface area contributed by atoms with Crippen molar-refractivity contribution in [1.29, 1.82) is 0 Å². The van der Waals surface area contributed by atoms with Crippen LogP contribution in [-0.4, -0.2) is 68.6 Å². The molecule has 1 amide bonds. The Hall–Kier alpha value is -4.61. The summed E-state index contributed by atoms with van der Waals surface area (Å²) in [6.45, 7) is 9.31. The fourth-order valence-electron chi connectivity index (χ4n) is 5.18. The average Bonchev–Trinajstić information content (AvgIpc) is 3.48. The Balaban J connectivity index is 1.39. The summed E-state index contributed by atoms with van der Waals surface area (Å²) in [6, 6.07) is 5.85. The number of nitrogens with one attached hydrogen (secondary N) is 1. The monoisotopic (exact) mass is 588 g/mol. The molecule has 3 N–H and O–H groups in total. The molecule has 0 saturated carbocycles. The van der Waals surface area contributed by atoms with Crippen molar-refractivity contribution < 1.29 is 19.0 Å². The molecule has 1 saturated heterocycles. The SMILES string of the molecule is CCc1nc2c(NCc3ccc(OC)cc3OC)ncc(-c3cnn(C4CCN(C(=O)OC(C)(C)C)CC4)c3)c2nc1N. The van der Waals surface area contributed by atoms with Crippen molar-refractivity contribution in [1.82, 2.24) is 29.6 Å². The van der Waals surface area contributed by atoms with Crippen LogP contribution in [0.4, 0.5) is 16.4 Å². The van der Waals surface area contributed by atoms with Gasteiger partial charge in [-0.2, -0.15) is 5.10 Å². The molecule has 4 heterocycles. The van der Waals surface area contributed by atoms with Crippen molar-refractivity contribution in [2.75, 3.05) is 38.4 Å². The van der Waals surface area contributed by atoms with Crippen molar-refractivity contribution in [2.45, 2.75) is 65.1 Å². The largest absolute Gasteiger partial charge is 0.497 e. The molecule has 0 aliphatic carbocycles. The van der Waals surface area contributed by atoms with Crippen LogP contribution < -0.4 is 20.5 Å². The predicted octanol–water partition coefficient (Wildman–Crippen LogP) is 5.23. The maximum atomic E-state index is 12.5. The Morgan fingerprint density at radius 2 is 1.86 bits per heavy atom. The third-order valence-corrected chi connectivity index (χ3v) is 7.48. The number of rotatable bonds is 8. The number of aromatic nitrogens is 5. The number of hydrogen-bond acceptors (Lipinski definition) is 10. The van der Waals surface area contributed by atoms with E-state index in [0.717, 1.165) is 35.3 Å². The van der Waals surface area contributed by atoms with Gasteiger partial charge in [-0.15, -0.1) is 0 Å². The highest BCUT2D eigenvalue weighted by atomic mass is 16.6. The molecule has 12 nitrogen and oxygen atoms in total. The number of carbonyl (C=O) groups excluding carboxylic acids is 1. The number of methoxy groups -OCH3 is 2. The lowest BCUT2D eigenvalue weighted by Gasteiger charge is -2.33. The van der Waals surface area contributed by atoms with E-state index in [9.17, 15) is 4.79 Å². The van der Waals surface area contributed by atoms with E-state index in [1.165, 1.54) is 0 Å². The minimum Gasteiger partial charge on any atom is -0.497 e. The summed E-state index contributed by atoms with van der Waals surface area (Å²) in [5, 5.41) is 8.09. The van der Waals surface area contributed by atoms with Gasteiger partial charge in [-0.05, 0) is 52.2 Å². The lowest BCUT2D eigenvalue weighted by atomic mass is 10.1. The van der Waals surface area contributed by atoms with Gasteiger partial charge in [-0.1, -0.05) is 6.92 Å². The third kappa shape index (κ3) is 6.58. The van der Waals surface area contributed by atoms with Crippen LogP contribution >= 0.6 is 0 Å². The van der Waals surface area contributed by atoms with Gasteiger partial charge in [0.2, 0.25) is 0 Å². The summed E-state index contributed by atoms with van der Waals surface area (Å²) in [6.07, 6.45) is 7.54. The minimum absolute atomic E-state index is 0.162. The zero-order chi connectivity index (χ0) is 30.7. The van der Waals surface area contributed by atoms with Crippen LogP contribution in [0.3, 0.4) is 0 Å². The van der Waals surface area contributed by atoms with Gasteiger partial charge in [0.25, 0.3) is 0 Å². The maximum absolute atomic E-state index is 12.5. The smallest absolute Gasteiger partial charge is 0.410 e. The Bertz CT molecular complexity index is 1610. The Labute approximate surface area is 251 Å². The van der Waals surface area contributed by atoms with Crippen molar-refractivity contribution in [3.63, 3.8) is 0 Å². The molecule has 3 aromatic heterocycles. The van der Waals surface area contributed by atoms with Crippen LogP contribution in [0.5, 0.6) is 11.5 Å². The number of likely N-dealkylation sites (tertiary alicyclic amines) is 1. The fourth-order valence-corrected chi connectivity index (χ4v) is 5.18. The summed E-state index contributed by atoms with van der Waals surface area (Å²) < 4.78 is 18.4. The zero-order valence-electron chi connectivity index (χ0n) is 25.7. The number of carbonyl (C=O) groups is 1. The lowest BCUT2D eigenvalue weighted by Crippen LogP contribution is -2.42. The first-order chi connectivity index (χ1) is 20.6. The average molecular weight is 589 g/mol. The van der Waals surface area contributed by atoms with Gasteiger partial charge in [0.1, 0.15) is 34.0 Å². The van der Waals surface area contributed by atoms with E-state index in [-0.39, 0.29) is 12.1 Å². The van der Waals surface area contributed by atoms with Crippen molar-refractivity contribution in [3.8, 4) is 22.6 Å². The summed E-state index contributed by atoms with van der Waals surface area (Å²) in [7, 11) is 3.26. The minimum atomic E-state index is -0.514. The van der Waals surface area contributed by atoms with Crippen LogP contribution in [0.15, 0.2) is 36.8 Å². The number of nitrogens with zero attached hydrogens (tertiary/aromatic N) is 6. The first-order valence-corrected chi connectivity index (χ1v) is 14.5. The first-order valence-electron chi connectivity index (χ1n) is 14.5. The number of piperidine rings is 1. The molecule has 4 aromatic rings. The van der Waals surface area contributed by atoms with E-state index in [0.29, 0.717) is 60.2 Å². The molecule has 0 radical (unpaired) electrons. The predicted molar refractivity (Wildman–Crippen MR) is 165 cm³/mol. The van der Waals surface area contributed by atoms with Gasteiger partial charge in [0, 0.05) is 54.8 Å². The molecule has 0 atom stereocenters. The van der Waals surface area contributed by atoms with Gasteiger partial charge in [-0.3, -0.25) is 4.68 Å². The van der Waals surface area contributed by atoms with E-state index >= 15 is 0 Å². The Kier molecular flexibility index (Phi) is 8.56. The molecule has 0 unspecified atom stereocenters. The van der Waals surface area contributed by atoms with E-state index in [1.807, 2.05) is 63.0 Å². The van der Waals surface area contributed by atoms with Crippen molar-refractivity contribution in [3.05, 3.63) is 48.0 Å². The number of nitrogen functional groups attached to an aromatic ring is 1. The van der Waals surface area contributed by atoms with Gasteiger partial charge in [0.15, 0.2) is 5.82 Å². The van der Waals surface area contributed by atoms with Crippen molar-refractivity contribution >= 4 is 28.8 Å². The molecule has 0 bridgehead atoms. The quantitative estimate of drug-likeness (QED) is 0.281. The molecule has 1 aliphatic rings. The molecular weight excluding hydrogens is 548 g/mol. The van der Waals surface area contributed by atoms with Gasteiger partial charge in [-0.25, -0.2) is 19.7 Å². The molecule has 0 spiro atoms. The molecule has 1 aromatic carbocycles. The molecule has 1 fully saturated rings. The number of ether oxygens (including phenoxy) is 3. The molecule has 12 heteroatoms. The standard InChI is InChI=1S/C31H40N8O4/c1-7-24-28(32)37-26-23(17-34-29(27(26)36-24)33-15-19-8-9-22(41-5)14-25(19)42-6)20-16-35-39(18-20)21-10-12-38(13-11-21)30(40)43-31(2,3)4/h8-9,14,16-18,21H,7,10-13,15H2,1-6H3,(H2,32,37)(H,33,34). The van der Waals surface area contributed by atoms with Crippen LogP contribution in [0.1, 0.15) is 57.8 Å². The molecule has 5 rings (SSSR count). The second-order valence-electron chi connectivity index (χ2n) is 11.6. The van der Waals surface area contributed by atoms with Gasteiger partial charge in [0.05, 0.1) is 32.2 Å². The number of nitrogens with two attached hydrogens (primary N) is 1. The number of hydrogen-bond donors (Lipinski definition) is 2. The normalized spacial score (nSPS) is 14.1. The molecule has 1 aliphatic heterocycles. The lowest BCUT2D eigenvalue weighted by molar-refractivity contribution is 0.0185. The van der Waals surface area contributed by atoms with E-state index in [4.69, 9.17) is 34.9 Å². The van der Waals surface area contributed by atoms with Gasteiger partial charge >= 0.3 is 6.09 Å². The summed E-state index contributed by atoms with van der Waals surface area (Å²) in [5.41, 5.74) is 10.4. The highest BCUT2D eigenvalue weighted by Crippen LogP contribution is 2.33. The Morgan fingerprint density at radius 1 is 1.09 bits per heavy atom. The van der Waals surface area contributed by atoms with Crippen LogP contribution in [0.25, 0.3) is 22.2 Å². The number of aryl methyl sites for hydroxylation is 1. The third-order valence-electron chi connectivity index (χ3n) is 7.48. The van der Waals surface area contributed by atoms with E-state index in [1.54, 1.807) is 25.3 Å². The molecule has 43 heavy (non-hydrogen) atoms. The summed E-state index contributed by atoms with van der Waals surface area (Å²) in [5.74, 6) is 2.42. The summed E-state index contributed by atoms with van der Waals surface area (Å²) in [4.78, 5) is 28.7. The summed E-state index contributed by atoms with van der Waals surface area (Å²) >= 11 is 0.